The highest BCUT2D eigenvalue weighted by Gasteiger charge is 2.48. The Labute approximate surface area is 314 Å². The van der Waals surface area contributed by atoms with Crippen molar-refractivity contribution in [2.24, 2.45) is 0 Å². The minimum Gasteiger partial charge on any atom is -0.457 e. The Morgan fingerprint density at radius 3 is 1.81 bits per heavy atom. The van der Waals surface area contributed by atoms with Crippen molar-refractivity contribution < 1.29 is 56.2 Å². The van der Waals surface area contributed by atoms with Crippen molar-refractivity contribution in [3.63, 3.8) is 0 Å². The van der Waals surface area contributed by atoms with E-state index in [4.69, 9.17) is 23.5 Å². The quantitative estimate of drug-likeness (QED) is 0.0223. The standard InChI is InChI=1S/C39H72O12S/c1-3-5-7-9-11-13-15-16-17-18-19-21-23-25-27-29-47-31-33(49-35(41)28-26-24-22-20-14-12-10-8-6-4-2)32-48-39-37(43)38(51-52(44,45)46)36(42)34(30-40)50-39/h8,10,15-16,33-34,36-40,42-43H,3-7,9,11-14,17-32H2,1-2H3,(H,44,45,46)/b10-8-,16-15-. The van der Waals surface area contributed by atoms with Crippen LogP contribution < -0.4 is 0 Å². The van der Waals surface area contributed by atoms with E-state index in [1.807, 2.05) is 0 Å². The number of unbranched alkanes of at least 4 members (excludes halogenated alkanes) is 17. The van der Waals surface area contributed by atoms with Gasteiger partial charge in [0.1, 0.15) is 30.5 Å². The molecule has 1 saturated heterocycles. The summed E-state index contributed by atoms with van der Waals surface area (Å²) in [5, 5.41) is 30.5. The molecule has 6 atom stereocenters. The second kappa shape index (κ2) is 31.9. The van der Waals surface area contributed by atoms with Gasteiger partial charge in [-0.25, -0.2) is 4.18 Å². The monoisotopic (exact) mass is 764 g/mol. The van der Waals surface area contributed by atoms with Crippen molar-refractivity contribution in [3.8, 4) is 0 Å². The van der Waals surface area contributed by atoms with E-state index in [1.54, 1.807) is 0 Å². The Hall–Kier alpha value is -1.42. The molecule has 12 nitrogen and oxygen atoms in total. The third-order valence-corrected chi connectivity index (χ3v) is 9.49. The average Bonchev–Trinajstić information content (AvgIpc) is 3.11. The van der Waals surface area contributed by atoms with Crippen LogP contribution in [0.4, 0.5) is 0 Å². The molecule has 6 unspecified atom stereocenters. The number of aliphatic hydroxyl groups excluding tert-OH is 3. The van der Waals surface area contributed by atoms with Gasteiger partial charge in [0.15, 0.2) is 6.29 Å². The summed E-state index contributed by atoms with van der Waals surface area (Å²) >= 11 is 0. The van der Waals surface area contributed by atoms with Crippen LogP contribution in [0.2, 0.25) is 0 Å². The molecule has 1 aliphatic heterocycles. The van der Waals surface area contributed by atoms with Gasteiger partial charge in [-0.15, -0.1) is 0 Å². The number of allylic oxidation sites excluding steroid dienone is 4. The van der Waals surface area contributed by atoms with E-state index in [1.165, 1.54) is 57.8 Å². The average molecular weight is 765 g/mol. The first kappa shape index (κ1) is 48.6. The number of carbonyl (C=O) groups is 1. The summed E-state index contributed by atoms with van der Waals surface area (Å²) in [5.41, 5.74) is 0. The second-order valence-electron chi connectivity index (χ2n) is 13.9. The van der Waals surface area contributed by atoms with E-state index in [0.717, 1.165) is 70.6 Å². The molecule has 0 spiro atoms. The fraction of sp³-hybridized carbons (Fsp3) is 0.872. The molecule has 0 aromatic heterocycles. The van der Waals surface area contributed by atoms with Crippen molar-refractivity contribution >= 4 is 16.4 Å². The number of esters is 1. The summed E-state index contributed by atoms with van der Waals surface area (Å²) in [5.74, 6) is -0.414. The lowest BCUT2D eigenvalue weighted by molar-refractivity contribution is -0.301. The lowest BCUT2D eigenvalue weighted by Crippen LogP contribution is -2.60. The first-order chi connectivity index (χ1) is 25.1. The third-order valence-electron chi connectivity index (χ3n) is 9.03. The van der Waals surface area contributed by atoms with Crippen LogP contribution in [-0.4, -0.2) is 97.5 Å². The Morgan fingerprint density at radius 2 is 1.25 bits per heavy atom. The lowest BCUT2D eigenvalue weighted by atomic mass is 9.99. The topological polar surface area (TPSA) is 178 Å². The molecule has 1 heterocycles. The van der Waals surface area contributed by atoms with Gasteiger partial charge in [0.05, 0.1) is 19.8 Å². The molecule has 0 bridgehead atoms. The molecular weight excluding hydrogens is 692 g/mol. The number of carbonyl (C=O) groups excluding carboxylic acids is 1. The smallest absolute Gasteiger partial charge is 0.397 e. The summed E-state index contributed by atoms with van der Waals surface area (Å²) in [7, 11) is -5.06. The zero-order valence-electron chi connectivity index (χ0n) is 32.1. The minimum atomic E-state index is -5.06. The molecule has 0 aliphatic carbocycles. The maximum absolute atomic E-state index is 12.7. The highest BCUT2D eigenvalue weighted by molar-refractivity contribution is 7.80. The zero-order chi connectivity index (χ0) is 38.3. The summed E-state index contributed by atoms with van der Waals surface area (Å²) in [4.78, 5) is 12.7. The van der Waals surface area contributed by atoms with Crippen LogP contribution in [0.1, 0.15) is 155 Å². The van der Waals surface area contributed by atoms with E-state index >= 15 is 0 Å². The van der Waals surface area contributed by atoms with Crippen LogP contribution in [0.15, 0.2) is 24.3 Å². The van der Waals surface area contributed by atoms with E-state index in [9.17, 15) is 28.5 Å². The molecule has 1 rings (SSSR count). The molecule has 0 aromatic rings. The fourth-order valence-electron chi connectivity index (χ4n) is 5.96. The van der Waals surface area contributed by atoms with Gasteiger partial charge in [-0.3, -0.25) is 9.35 Å². The summed E-state index contributed by atoms with van der Waals surface area (Å²) in [6.45, 7) is 3.87. The van der Waals surface area contributed by atoms with E-state index < -0.39 is 59.8 Å². The Kier molecular flexibility index (Phi) is 29.8. The van der Waals surface area contributed by atoms with Crippen LogP contribution >= 0.6 is 0 Å². The fourth-order valence-corrected chi connectivity index (χ4v) is 6.47. The Morgan fingerprint density at radius 1 is 0.712 bits per heavy atom. The van der Waals surface area contributed by atoms with Gasteiger partial charge in [0, 0.05) is 13.0 Å². The van der Waals surface area contributed by atoms with Crippen molar-refractivity contribution in [2.75, 3.05) is 26.4 Å². The molecular formula is C39H72O12S. The molecule has 1 aliphatic rings. The van der Waals surface area contributed by atoms with Crippen LogP contribution in [0.3, 0.4) is 0 Å². The predicted octanol–water partition coefficient (Wildman–Crippen LogP) is 7.29. The van der Waals surface area contributed by atoms with Crippen LogP contribution in [0.25, 0.3) is 0 Å². The molecule has 52 heavy (non-hydrogen) atoms. The molecule has 306 valence electrons. The maximum atomic E-state index is 12.7. The largest absolute Gasteiger partial charge is 0.457 e. The number of rotatable bonds is 34. The third kappa shape index (κ3) is 25.6. The minimum absolute atomic E-state index is 0.0298. The van der Waals surface area contributed by atoms with Crippen molar-refractivity contribution in [3.05, 3.63) is 24.3 Å². The molecule has 0 amide bonds. The summed E-state index contributed by atoms with van der Waals surface area (Å²) < 4.78 is 58.8. The van der Waals surface area contributed by atoms with Crippen LogP contribution in [-0.2, 0) is 38.3 Å². The van der Waals surface area contributed by atoms with Crippen molar-refractivity contribution in [1.29, 1.82) is 0 Å². The highest BCUT2D eigenvalue weighted by atomic mass is 32.3. The van der Waals surface area contributed by atoms with Gasteiger partial charge in [0.25, 0.3) is 0 Å². The number of hydrogen-bond donors (Lipinski definition) is 4. The van der Waals surface area contributed by atoms with E-state index in [2.05, 4.69) is 42.3 Å². The van der Waals surface area contributed by atoms with Gasteiger partial charge in [-0.1, -0.05) is 115 Å². The van der Waals surface area contributed by atoms with Crippen LogP contribution in [0.5, 0.6) is 0 Å². The summed E-state index contributed by atoms with van der Waals surface area (Å²) in [6.07, 6.45) is 23.7. The second-order valence-corrected chi connectivity index (χ2v) is 14.9. The van der Waals surface area contributed by atoms with Gasteiger partial charge < -0.3 is 34.3 Å². The molecule has 0 saturated carbocycles. The van der Waals surface area contributed by atoms with Gasteiger partial charge in [-0.2, -0.15) is 8.42 Å². The molecule has 4 N–H and O–H groups in total. The Balaban J connectivity index is 2.48. The van der Waals surface area contributed by atoms with E-state index in [0.29, 0.717) is 13.0 Å². The highest BCUT2D eigenvalue weighted by Crippen LogP contribution is 2.26. The van der Waals surface area contributed by atoms with Gasteiger partial charge in [-0.05, 0) is 57.8 Å². The number of hydrogen-bond acceptors (Lipinski definition) is 11. The molecule has 13 heteroatoms. The lowest BCUT2D eigenvalue weighted by Gasteiger charge is -2.41. The predicted molar refractivity (Wildman–Crippen MR) is 202 cm³/mol. The molecule has 1 fully saturated rings. The zero-order valence-corrected chi connectivity index (χ0v) is 32.9. The maximum Gasteiger partial charge on any atom is 0.397 e. The van der Waals surface area contributed by atoms with Gasteiger partial charge >= 0.3 is 16.4 Å². The van der Waals surface area contributed by atoms with Gasteiger partial charge in [0.2, 0.25) is 0 Å². The van der Waals surface area contributed by atoms with Crippen LogP contribution in [0, 0.1) is 0 Å². The number of aliphatic hydroxyl groups is 3. The SMILES string of the molecule is CCC/C=C\CCCCCCCC(=O)OC(COCCCCCCCC/C=C\CCCCCCC)COC1OC(CO)C(O)C(OS(=O)(=O)O)C1O. The Bertz CT molecular complexity index is 1020. The van der Waals surface area contributed by atoms with Crippen molar-refractivity contribution in [1.82, 2.24) is 0 Å². The summed E-state index contributed by atoms with van der Waals surface area (Å²) in [6, 6.07) is 0. The normalized spacial score (nSPS) is 21.7. The van der Waals surface area contributed by atoms with Crippen molar-refractivity contribution in [2.45, 2.75) is 192 Å². The van der Waals surface area contributed by atoms with E-state index in [-0.39, 0.29) is 19.6 Å². The first-order valence-electron chi connectivity index (χ1n) is 20.1. The molecule has 0 radical (unpaired) electrons. The first-order valence-corrected chi connectivity index (χ1v) is 21.5. The molecule has 0 aromatic carbocycles. The number of ether oxygens (including phenoxy) is 4.